The predicted molar refractivity (Wildman–Crippen MR) is 54.4 cm³/mol. The molecule has 0 N–H and O–H groups in total. The lowest BCUT2D eigenvalue weighted by molar-refractivity contribution is -0.137. The molecule has 1 rings (SSSR count). The van der Waals surface area contributed by atoms with Crippen LogP contribution >= 0.6 is 0 Å². The molecule has 0 spiro atoms. The molecule has 0 aliphatic rings. The van der Waals surface area contributed by atoms with Crippen LogP contribution in [0.1, 0.15) is 5.56 Å². The number of benzene rings is 1. The van der Waals surface area contributed by atoms with Crippen LogP contribution in [0.2, 0.25) is 19.6 Å². The summed E-state index contributed by atoms with van der Waals surface area (Å²) in [6, 6.07) is 2.61. The maximum Gasteiger partial charge on any atom is 0.416 e. The molecule has 0 aliphatic heterocycles. The highest BCUT2D eigenvalue weighted by Gasteiger charge is 2.32. The standard InChI is InChI=1S/C10H12F4Si/c1-15(2,3)9-6-7(10(12,13)14)4-5-8(9)11/h4-6H,1-3H3. The van der Waals surface area contributed by atoms with Gasteiger partial charge in [0.1, 0.15) is 5.82 Å². The van der Waals surface area contributed by atoms with Gasteiger partial charge in [0.05, 0.1) is 13.6 Å². The van der Waals surface area contributed by atoms with Crippen molar-refractivity contribution in [1.82, 2.24) is 0 Å². The van der Waals surface area contributed by atoms with E-state index in [1.54, 1.807) is 0 Å². The molecule has 0 aromatic heterocycles. The lowest BCUT2D eigenvalue weighted by Crippen LogP contribution is -2.40. The van der Waals surface area contributed by atoms with Crippen molar-refractivity contribution in [2.45, 2.75) is 25.8 Å². The van der Waals surface area contributed by atoms with E-state index in [9.17, 15) is 17.6 Å². The molecule has 1 aromatic carbocycles. The van der Waals surface area contributed by atoms with Crippen molar-refractivity contribution >= 4 is 13.3 Å². The second-order valence-corrected chi connectivity index (χ2v) is 9.48. The number of rotatable bonds is 1. The maximum atomic E-state index is 13.3. The summed E-state index contributed by atoms with van der Waals surface area (Å²) in [6.07, 6.45) is -4.40. The van der Waals surface area contributed by atoms with Gasteiger partial charge in [-0.1, -0.05) is 19.6 Å². The molecule has 0 heterocycles. The Balaban J connectivity index is 3.30. The molecule has 5 heteroatoms. The maximum absolute atomic E-state index is 13.3. The van der Waals surface area contributed by atoms with Gasteiger partial charge in [0.25, 0.3) is 0 Å². The SMILES string of the molecule is C[Si](C)(C)c1cc(C(F)(F)F)ccc1F. The second kappa shape index (κ2) is 3.63. The van der Waals surface area contributed by atoms with Gasteiger partial charge >= 0.3 is 6.18 Å². The number of alkyl halides is 3. The van der Waals surface area contributed by atoms with Crippen molar-refractivity contribution in [3.8, 4) is 0 Å². The van der Waals surface area contributed by atoms with Gasteiger partial charge in [0.15, 0.2) is 0 Å². The fraction of sp³-hybridized carbons (Fsp3) is 0.400. The van der Waals surface area contributed by atoms with E-state index in [1.165, 1.54) is 0 Å². The summed E-state index contributed by atoms with van der Waals surface area (Å²) in [5.41, 5.74) is -0.777. The molecule has 0 saturated heterocycles. The topological polar surface area (TPSA) is 0 Å². The van der Waals surface area contributed by atoms with Crippen molar-refractivity contribution in [1.29, 1.82) is 0 Å². The summed E-state index contributed by atoms with van der Waals surface area (Å²) < 4.78 is 50.5. The van der Waals surface area contributed by atoms with Crippen LogP contribution in [0.5, 0.6) is 0 Å². The molecule has 15 heavy (non-hydrogen) atoms. The van der Waals surface area contributed by atoms with Gasteiger partial charge in [-0.3, -0.25) is 0 Å². The van der Waals surface area contributed by atoms with Gasteiger partial charge in [-0.2, -0.15) is 13.2 Å². The smallest absolute Gasteiger partial charge is 0.207 e. The van der Waals surface area contributed by atoms with E-state index in [2.05, 4.69) is 0 Å². The van der Waals surface area contributed by atoms with E-state index in [0.29, 0.717) is 0 Å². The molecule has 0 amide bonds. The van der Waals surface area contributed by atoms with Crippen LogP contribution in [0.3, 0.4) is 0 Å². The van der Waals surface area contributed by atoms with Crippen LogP contribution in [-0.4, -0.2) is 8.07 Å². The van der Waals surface area contributed by atoms with Crippen LogP contribution in [0.15, 0.2) is 18.2 Å². The van der Waals surface area contributed by atoms with E-state index in [-0.39, 0.29) is 5.19 Å². The Kier molecular flexibility index (Phi) is 2.96. The number of halogens is 4. The Morgan fingerprint density at radius 2 is 1.60 bits per heavy atom. The first-order valence-corrected chi connectivity index (χ1v) is 7.99. The molecule has 0 saturated carbocycles. The third-order valence-electron chi connectivity index (χ3n) is 2.10. The molecule has 0 aliphatic carbocycles. The van der Waals surface area contributed by atoms with Crippen LogP contribution in [-0.2, 0) is 6.18 Å². The summed E-state index contributed by atoms with van der Waals surface area (Å²) in [5.74, 6) is -0.540. The molecule has 0 radical (unpaired) electrons. The highest BCUT2D eigenvalue weighted by atomic mass is 28.3. The van der Waals surface area contributed by atoms with Gasteiger partial charge < -0.3 is 0 Å². The van der Waals surface area contributed by atoms with Crippen LogP contribution in [0.4, 0.5) is 17.6 Å². The first-order valence-electron chi connectivity index (χ1n) is 4.49. The summed E-state index contributed by atoms with van der Waals surface area (Å²) in [7, 11) is -2.06. The normalized spacial score (nSPS) is 13.0. The minimum Gasteiger partial charge on any atom is -0.207 e. The van der Waals surface area contributed by atoms with Gasteiger partial charge in [-0.25, -0.2) is 4.39 Å². The molecular formula is C10H12F4Si. The van der Waals surface area contributed by atoms with E-state index in [0.717, 1.165) is 18.2 Å². The minimum absolute atomic E-state index is 0.220. The lowest BCUT2D eigenvalue weighted by atomic mass is 10.2. The number of hydrogen-bond donors (Lipinski definition) is 0. The van der Waals surface area contributed by atoms with Crippen molar-refractivity contribution in [3.05, 3.63) is 29.6 Å². The second-order valence-electron chi connectivity index (χ2n) is 4.44. The van der Waals surface area contributed by atoms with E-state index in [1.807, 2.05) is 19.6 Å². The molecule has 0 atom stereocenters. The summed E-state index contributed by atoms with van der Waals surface area (Å²) in [6.45, 7) is 5.43. The van der Waals surface area contributed by atoms with Gasteiger partial charge in [-0.05, 0) is 23.4 Å². The van der Waals surface area contributed by atoms with E-state index in [4.69, 9.17) is 0 Å². The Labute approximate surface area is 86.9 Å². The van der Waals surface area contributed by atoms with E-state index < -0.39 is 25.6 Å². The Morgan fingerprint density at radius 3 is 2.00 bits per heavy atom. The Hall–Kier alpha value is -0.843. The van der Waals surface area contributed by atoms with Crippen LogP contribution < -0.4 is 5.19 Å². The first-order chi connectivity index (χ1) is 6.62. The molecule has 1 aromatic rings. The zero-order valence-electron chi connectivity index (χ0n) is 8.74. The third-order valence-corrected chi connectivity index (χ3v) is 4.10. The average Bonchev–Trinajstić information content (AvgIpc) is 2.00. The van der Waals surface area contributed by atoms with Crippen molar-refractivity contribution in [2.75, 3.05) is 0 Å². The first kappa shape index (κ1) is 12.2. The monoisotopic (exact) mass is 236 g/mol. The molecule has 0 unspecified atom stereocenters. The molecule has 0 fully saturated rings. The Morgan fingerprint density at radius 1 is 1.07 bits per heavy atom. The molecular weight excluding hydrogens is 224 g/mol. The Bertz CT molecular complexity index is 363. The zero-order valence-corrected chi connectivity index (χ0v) is 9.74. The van der Waals surface area contributed by atoms with E-state index >= 15 is 0 Å². The van der Waals surface area contributed by atoms with Crippen LogP contribution in [0.25, 0.3) is 0 Å². The largest absolute Gasteiger partial charge is 0.416 e. The lowest BCUT2D eigenvalue weighted by Gasteiger charge is -2.19. The number of hydrogen-bond acceptors (Lipinski definition) is 0. The van der Waals surface area contributed by atoms with Gasteiger partial charge in [0, 0.05) is 0 Å². The average molecular weight is 236 g/mol. The van der Waals surface area contributed by atoms with Gasteiger partial charge in [0.2, 0.25) is 0 Å². The quantitative estimate of drug-likeness (QED) is 0.518. The highest BCUT2D eigenvalue weighted by molar-refractivity contribution is 6.88. The highest BCUT2D eigenvalue weighted by Crippen LogP contribution is 2.29. The summed E-state index contributed by atoms with van der Waals surface area (Å²) >= 11 is 0. The van der Waals surface area contributed by atoms with Crippen LogP contribution in [0, 0.1) is 5.82 Å². The fourth-order valence-corrected chi connectivity index (χ4v) is 2.66. The summed E-state index contributed by atoms with van der Waals surface area (Å²) in [5, 5.41) is 0.220. The zero-order chi connectivity index (χ0) is 11.9. The van der Waals surface area contributed by atoms with Gasteiger partial charge in [-0.15, -0.1) is 0 Å². The third kappa shape index (κ3) is 2.81. The minimum atomic E-state index is -4.40. The molecule has 0 nitrogen and oxygen atoms in total. The van der Waals surface area contributed by atoms with Crippen molar-refractivity contribution < 1.29 is 17.6 Å². The summed E-state index contributed by atoms with van der Waals surface area (Å²) in [4.78, 5) is 0. The fourth-order valence-electron chi connectivity index (χ4n) is 1.28. The molecule has 84 valence electrons. The molecule has 0 bridgehead atoms. The van der Waals surface area contributed by atoms with Crippen molar-refractivity contribution in [3.63, 3.8) is 0 Å². The van der Waals surface area contributed by atoms with Crippen molar-refractivity contribution in [2.24, 2.45) is 0 Å². The predicted octanol–water partition coefficient (Wildman–Crippen LogP) is 3.39.